The highest BCUT2D eigenvalue weighted by Gasteiger charge is 2.05. The summed E-state index contributed by atoms with van der Waals surface area (Å²) in [5.41, 5.74) is 7.94. The van der Waals surface area contributed by atoms with Gasteiger partial charge in [0.2, 0.25) is 0 Å². The molecule has 2 heterocycles. The molecule has 0 saturated heterocycles. The SMILES string of the molecule is CCC(N)Cc1cncc(-n2cc(Cl)cn2)c1. The molecule has 1 atom stereocenters. The van der Waals surface area contributed by atoms with E-state index in [0.29, 0.717) is 5.02 Å². The van der Waals surface area contributed by atoms with Crippen molar-refractivity contribution >= 4 is 11.6 Å². The molecule has 0 aliphatic heterocycles. The first-order chi connectivity index (χ1) is 8.19. The van der Waals surface area contributed by atoms with Gasteiger partial charge in [-0.3, -0.25) is 4.98 Å². The van der Waals surface area contributed by atoms with E-state index in [1.165, 1.54) is 0 Å². The molecule has 4 nitrogen and oxygen atoms in total. The van der Waals surface area contributed by atoms with E-state index in [1.54, 1.807) is 23.3 Å². The maximum atomic E-state index is 5.93. The molecule has 0 fully saturated rings. The van der Waals surface area contributed by atoms with Crippen LogP contribution in [0.1, 0.15) is 18.9 Å². The predicted octanol–water partition coefficient (Wildman–Crippen LogP) is 2.20. The summed E-state index contributed by atoms with van der Waals surface area (Å²) in [5, 5.41) is 4.75. The first-order valence-electron chi connectivity index (χ1n) is 5.59. The van der Waals surface area contributed by atoms with Gasteiger partial charge in [-0.25, -0.2) is 4.68 Å². The molecule has 0 radical (unpaired) electrons. The van der Waals surface area contributed by atoms with Gasteiger partial charge in [0, 0.05) is 18.4 Å². The number of hydrogen-bond donors (Lipinski definition) is 1. The van der Waals surface area contributed by atoms with Crippen molar-refractivity contribution in [3.63, 3.8) is 0 Å². The summed E-state index contributed by atoms with van der Waals surface area (Å²) < 4.78 is 1.70. The molecule has 0 spiro atoms. The van der Waals surface area contributed by atoms with Crippen LogP contribution in [0.25, 0.3) is 5.69 Å². The maximum Gasteiger partial charge on any atom is 0.0832 e. The zero-order valence-corrected chi connectivity index (χ0v) is 10.4. The zero-order valence-electron chi connectivity index (χ0n) is 9.68. The summed E-state index contributed by atoms with van der Waals surface area (Å²) in [6.45, 7) is 2.08. The van der Waals surface area contributed by atoms with E-state index in [4.69, 9.17) is 17.3 Å². The lowest BCUT2D eigenvalue weighted by Gasteiger charge is -2.09. The summed E-state index contributed by atoms with van der Waals surface area (Å²) in [6, 6.07) is 2.21. The minimum Gasteiger partial charge on any atom is -0.327 e. The number of aromatic nitrogens is 3. The van der Waals surface area contributed by atoms with Gasteiger partial charge in [-0.15, -0.1) is 0 Å². The summed E-state index contributed by atoms with van der Waals surface area (Å²) in [5.74, 6) is 0. The van der Waals surface area contributed by atoms with Crippen LogP contribution in [0, 0.1) is 0 Å². The van der Waals surface area contributed by atoms with Crippen LogP contribution >= 0.6 is 11.6 Å². The van der Waals surface area contributed by atoms with Crippen LogP contribution in [-0.2, 0) is 6.42 Å². The van der Waals surface area contributed by atoms with Crippen LogP contribution in [-0.4, -0.2) is 20.8 Å². The number of nitrogens with two attached hydrogens (primary N) is 1. The normalized spacial score (nSPS) is 12.6. The minimum atomic E-state index is 0.174. The monoisotopic (exact) mass is 250 g/mol. The van der Waals surface area contributed by atoms with E-state index in [0.717, 1.165) is 24.1 Å². The Bertz CT molecular complexity index is 495. The Kier molecular flexibility index (Phi) is 3.76. The summed E-state index contributed by atoms with van der Waals surface area (Å²) in [7, 11) is 0. The molecule has 0 aliphatic rings. The molecule has 0 aliphatic carbocycles. The van der Waals surface area contributed by atoms with Gasteiger partial charge >= 0.3 is 0 Å². The molecular weight excluding hydrogens is 236 g/mol. The number of rotatable bonds is 4. The first-order valence-corrected chi connectivity index (χ1v) is 5.97. The number of nitrogens with zero attached hydrogens (tertiary/aromatic N) is 3. The fourth-order valence-corrected chi connectivity index (χ4v) is 1.74. The molecule has 0 saturated carbocycles. The topological polar surface area (TPSA) is 56.7 Å². The fraction of sp³-hybridized carbons (Fsp3) is 0.333. The standard InChI is InChI=1S/C12H15ClN4/c1-2-11(14)3-9-4-12(7-15-5-9)17-8-10(13)6-16-17/h4-8,11H,2-3,14H2,1H3. The molecular formula is C12H15ClN4. The van der Waals surface area contributed by atoms with Crippen molar-refractivity contribution < 1.29 is 0 Å². The summed E-state index contributed by atoms with van der Waals surface area (Å²) >= 11 is 5.83. The maximum absolute atomic E-state index is 5.93. The van der Waals surface area contributed by atoms with Gasteiger partial charge in [-0.05, 0) is 24.5 Å². The Morgan fingerprint density at radius 3 is 2.88 bits per heavy atom. The summed E-state index contributed by atoms with van der Waals surface area (Å²) in [6.07, 6.45) is 8.73. The van der Waals surface area contributed by atoms with Gasteiger partial charge in [0.25, 0.3) is 0 Å². The average molecular weight is 251 g/mol. The number of pyridine rings is 1. The highest BCUT2D eigenvalue weighted by atomic mass is 35.5. The van der Waals surface area contributed by atoms with Gasteiger partial charge in [0.05, 0.1) is 23.1 Å². The van der Waals surface area contributed by atoms with E-state index in [2.05, 4.69) is 17.0 Å². The van der Waals surface area contributed by atoms with Crippen molar-refractivity contribution in [2.75, 3.05) is 0 Å². The van der Waals surface area contributed by atoms with Gasteiger partial charge in [0.1, 0.15) is 0 Å². The lowest BCUT2D eigenvalue weighted by Crippen LogP contribution is -2.21. The largest absolute Gasteiger partial charge is 0.327 e. The van der Waals surface area contributed by atoms with E-state index >= 15 is 0 Å². The second kappa shape index (κ2) is 5.29. The van der Waals surface area contributed by atoms with Crippen LogP contribution in [0.3, 0.4) is 0 Å². The van der Waals surface area contributed by atoms with Crippen molar-refractivity contribution in [2.24, 2.45) is 5.73 Å². The highest BCUT2D eigenvalue weighted by molar-refractivity contribution is 6.30. The molecule has 0 bridgehead atoms. The molecule has 0 aromatic carbocycles. The molecule has 2 rings (SSSR count). The lowest BCUT2D eigenvalue weighted by molar-refractivity contribution is 0.644. The molecule has 2 aromatic rings. The van der Waals surface area contributed by atoms with Crippen LogP contribution in [0.4, 0.5) is 0 Å². The predicted molar refractivity (Wildman–Crippen MR) is 68.3 cm³/mol. The third-order valence-corrected chi connectivity index (χ3v) is 2.81. The van der Waals surface area contributed by atoms with Crippen LogP contribution in [0.15, 0.2) is 30.9 Å². The molecule has 90 valence electrons. The third kappa shape index (κ3) is 3.05. The Labute approximate surface area is 105 Å². The zero-order chi connectivity index (χ0) is 12.3. The van der Waals surface area contributed by atoms with Crippen LogP contribution in [0.2, 0.25) is 5.02 Å². The number of halogens is 1. The van der Waals surface area contributed by atoms with Crippen molar-refractivity contribution in [1.82, 2.24) is 14.8 Å². The average Bonchev–Trinajstić information content (AvgIpc) is 2.76. The smallest absolute Gasteiger partial charge is 0.0832 e. The molecule has 2 aromatic heterocycles. The fourth-order valence-electron chi connectivity index (χ4n) is 1.60. The van der Waals surface area contributed by atoms with Crippen molar-refractivity contribution in [3.05, 3.63) is 41.4 Å². The van der Waals surface area contributed by atoms with E-state index in [1.807, 2.05) is 12.3 Å². The van der Waals surface area contributed by atoms with Gasteiger partial charge in [0.15, 0.2) is 0 Å². The molecule has 17 heavy (non-hydrogen) atoms. The summed E-state index contributed by atoms with van der Waals surface area (Å²) in [4.78, 5) is 4.20. The van der Waals surface area contributed by atoms with E-state index in [-0.39, 0.29) is 6.04 Å². The van der Waals surface area contributed by atoms with Gasteiger partial charge in [-0.1, -0.05) is 18.5 Å². The van der Waals surface area contributed by atoms with Crippen molar-refractivity contribution in [3.8, 4) is 5.69 Å². The minimum absolute atomic E-state index is 0.174. The molecule has 1 unspecified atom stereocenters. The Morgan fingerprint density at radius 2 is 2.24 bits per heavy atom. The van der Waals surface area contributed by atoms with Crippen molar-refractivity contribution in [2.45, 2.75) is 25.8 Å². The molecule has 0 amide bonds. The lowest BCUT2D eigenvalue weighted by atomic mass is 10.1. The molecule has 5 heteroatoms. The quantitative estimate of drug-likeness (QED) is 0.905. The Hall–Kier alpha value is -1.39. The van der Waals surface area contributed by atoms with E-state index in [9.17, 15) is 0 Å². The van der Waals surface area contributed by atoms with E-state index < -0.39 is 0 Å². The van der Waals surface area contributed by atoms with Gasteiger partial charge < -0.3 is 5.73 Å². The Balaban J connectivity index is 2.22. The van der Waals surface area contributed by atoms with Crippen LogP contribution in [0.5, 0.6) is 0 Å². The Morgan fingerprint density at radius 1 is 1.41 bits per heavy atom. The van der Waals surface area contributed by atoms with Crippen molar-refractivity contribution in [1.29, 1.82) is 0 Å². The number of hydrogen-bond acceptors (Lipinski definition) is 3. The first kappa shape index (κ1) is 12.1. The second-order valence-electron chi connectivity index (χ2n) is 4.03. The third-order valence-electron chi connectivity index (χ3n) is 2.62. The highest BCUT2D eigenvalue weighted by Crippen LogP contribution is 2.13. The van der Waals surface area contributed by atoms with Gasteiger partial charge in [-0.2, -0.15) is 5.10 Å². The molecule has 2 N–H and O–H groups in total. The van der Waals surface area contributed by atoms with Crippen LogP contribution < -0.4 is 5.73 Å². The second-order valence-corrected chi connectivity index (χ2v) is 4.46.